The number of hydrogen-bond donors (Lipinski definition) is 2. The maximum absolute atomic E-state index is 12.8. The van der Waals surface area contributed by atoms with Gasteiger partial charge in [0.1, 0.15) is 11.3 Å². The van der Waals surface area contributed by atoms with Crippen LogP contribution < -0.4 is 20.5 Å². The van der Waals surface area contributed by atoms with Crippen molar-refractivity contribution >= 4 is 34.7 Å². The number of benzene rings is 2. The zero-order valence-electron chi connectivity index (χ0n) is 13.2. The van der Waals surface area contributed by atoms with E-state index >= 15 is 0 Å². The van der Waals surface area contributed by atoms with Crippen molar-refractivity contribution in [2.75, 3.05) is 17.4 Å². The van der Waals surface area contributed by atoms with Gasteiger partial charge in [0.2, 0.25) is 0 Å². The Morgan fingerprint density at radius 1 is 0.880 bits per heavy atom. The van der Waals surface area contributed by atoms with Gasteiger partial charge in [-0.1, -0.05) is 18.2 Å². The van der Waals surface area contributed by atoms with Crippen LogP contribution in [0.15, 0.2) is 54.1 Å². The minimum atomic E-state index is -0.609. The van der Waals surface area contributed by atoms with Crippen LogP contribution in [0.2, 0.25) is 0 Å². The van der Waals surface area contributed by atoms with E-state index < -0.39 is 17.7 Å². The molecule has 0 spiro atoms. The molecule has 0 unspecified atom stereocenters. The third-order valence-corrected chi connectivity index (χ3v) is 4.11. The summed E-state index contributed by atoms with van der Waals surface area (Å²) in [7, 11) is 1.54. The van der Waals surface area contributed by atoms with Crippen molar-refractivity contribution in [1.82, 2.24) is 5.43 Å². The van der Waals surface area contributed by atoms with E-state index in [9.17, 15) is 14.4 Å². The Kier molecular flexibility index (Phi) is 3.28. The van der Waals surface area contributed by atoms with Gasteiger partial charge in [0.05, 0.1) is 18.4 Å². The molecule has 0 saturated carbocycles. The van der Waals surface area contributed by atoms with Crippen LogP contribution in [0.5, 0.6) is 5.75 Å². The molecule has 2 aromatic rings. The topological polar surface area (TPSA) is 87.7 Å². The summed E-state index contributed by atoms with van der Waals surface area (Å²) in [5.74, 6) is -1.01. The minimum absolute atomic E-state index is 0.0918. The lowest BCUT2D eigenvalue weighted by Crippen LogP contribution is -2.35. The molecule has 0 atom stereocenters. The quantitative estimate of drug-likeness (QED) is 0.643. The fourth-order valence-electron chi connectivity index (χ4n) is 2.92. The summed E-state index contributed by atoms with van der Waals surface area (Å²) in [6.07, 6.45) is 0. The number of carbonyl (C=O) groups is 3. The van der Waals surface area contributed by atoms with E-state index in [1.165, 1.54) is 7.11 Å². The summed E-state index contributed by atoms with van der Waals surface area (Å²) in [6.45, 7) is 0. The number of methoxy groups -OCH3 is 1. The summed E-state index contributed by atoms with van der Waals surface area (Å²) in [6, 6.07) is 13.6. The zero-order valence-corrected chi connectivity index (χ0v) is 13.2. The summed E-state index contributed by atoms with van der Waals surface area (Å²) in [5, 5.41) is 3.79. The van der Waals surface area contributed by atoms with E-state index in [0.717, 1.165) is 5.01 Å². The molecule has 2 aliphatic heterocycles. The van der Waals surface area contributed by atoms with Gasteiger partial charge in [-0.2, -0.15) is 0 Å². The summed E-state index contributed by atoms with van der Waals surface area (Å²) in [4.78, 5) is 37.5. The Bertz CT molecular complexity index is 947. The summed E-state index contributed by atoms with van der Waals surface area (Å²) in [5.41, 5.74) is 4.02. The maximum Gasteiger partial charge on any atom is 0.283 e. The van der Waals surface area contributed by atoms with Gasteiger partial charge < -0.3 is 10.1 Å². The molecule has 0 aromatic heterocycles. The van der Waals surface area contributed by atoms with Gasteiger partial charge in [0.15, 0.2) is 0 Å². The minimum Gasteiger partial charge on any atom is -0.497 e. The Balaban J connectivity index is 1.78. The van der Waals surface area contributed by atoms with Gasteiger partial charge in [-0.25, -0.2) is 5.01 Å². The largest absolute Gasteiger partial charge is 0.497 e. The molecule has 25 heavy (non-hydrogen) atoms. The van der Waals surface area contributed by atoms with Gasteiger partial charge in [0, 0.05) is 11.3 Å². The predicted molar refractivity (Wildman–Crippen MR) is 90.6 cm³/mol. The van der Waals surface area contributed by atoms with Crippen LogP contribution in [-0.2, 0) is 14.4 Å². The number of amides is 3. The van der Waals surface area contributed by atoms with Gasteiger partial charge >= 0.3 is 0 Å². The number of rotatable bonds is 2. The smallest absolute Gasteiger partial charge is 0.283 e. The number of ether oxygens (including phenoxy) is 1. The average molecular weight is 335 g/mol. The van der Waals surface area contributed by atoms with Crippen LogP contribution >= 0.6 is 0 Å². The average Bonchev–Trinajstić information content (AvgIpc) is 3.10. The standard InChI is InChI=1S/C18H13N3O4/c1-25-11-8-6-10(7-9-11)21-18(24)15(17(23)20-21)14-12-4-2-3-5-13(12)19-16(14)22/h2-9H,1H3,(H,19,22)(H,20,23)/b15-14+. The van der Waals surface area contributed by atoms with E-state index in [2.05, 4.69) is 10.7 Å². The monoisotopic (exact) mass is 335 g/mol. The van der Waals surface area contributed by atoms with Crippen molar-refractivity contribution in [3.8, 4) is 5.75 Å². The van der Waals surface area contributed by atoms with Crippen molar-refractivity contribution in [1.29, 1.82) is 0 Å². The molecule has 2 aliphatic rings. The molecule has 0 aliphatic carbocycles. The first-order valence-electron chi connectivity index (χ1n) is 7.54. The fourth-order valence-corrected chi connectivity index (χ4v) is 2.92. The first-order valence-corrected chi connectivity index (χ1v) is 7.54. The fraction of sp³-hybridized carbons (Fsp3) is 0.0556. The lowest BCUT2D eigenvalue weighted by molar-refractivity contribution is -0.118. The van der Waals surface area contributed by atoms with Crippen LogP contribution in [0.4, 0.5) is 11.4 Å². The highest BCUT2D eigenvalue weighted by Crippen LogP contribution is 2.36. The van der Waals surface area contributed by atoms with Crippen LogP contribution in [0.1, 0.15) is 5.56 Å². The van der Waals surface area contributed by atoms with Crippen LogP contribution in [-0.4, -0.2) is 24.8 Å². The Hall–Kier alpha value is -3.61. The predicted octanol–water partition coefficient (Wildman–Crippen LogP) is 1.48. The van der Waals surface area contributed by atoms with Crippen LogP contribution in [0.25, 0.3) is 5.57 Å². The van der Waals surface area contributed by atoms with Crippen LogP contribution in [0.3, 0.4) is 0 Å². The van der Waals surface area contributed by atoms with Crippen molar-refractivity contribution in [2.45, 2.75) is 0 Å². The zero-order chi connectivity index (χ0) is 17.6. The number of nitrogens with one attached hydrogen (secondary N) is 2. The third-order valence-electron chi connectivity index (χ3n) is 4.11. The molecule has 7 heteroatoms. The molecule has 2 heterocycles. The summed E-state index contributed by atoms with van der Waals surface area (Å²) >= 11 is 0. The number of fused-ring (bicyclic) bond motifs is 1. The molecule has 4 rings (SSSR count). The van der Waals surface area contributed by atoms with Crippen molar-refractivity contribution in [2.24, 2.45) is 0 Å². The lowest BCUT2D eigenvalue weighted by Gasteiger charge is -2.14. The van der Waals surface area contributed by atoms with E-state index in [0.29, 0.717) is 22.7 Å². The molecule has 3 amide bonds. The van der Waals surface area contributed by atoms with Crippen LogP contribution in [0, 0.1) is 0 Å². The normalized spacial score (nSPS) is 18.9. The van der Waals surface area contributed by atoms with Crippen molar-refractivity contribution in [3.63, 3.8) is 0 Å². The first kappa shape index (κ1) is 14.9. The van der Waals surface area contributed by atoms with Gasteiger partial charge in [0.25, 0.3) is 17.7 Å². The lowest BCUT2D eigenvalue weighted by atomic mass is 10.0. The molecule has 124 valence electrons. The highest BCUT2D eigenvalue weighted by Gasteiger charge is 2.41. The first-order chi connectivity index (χ1) is 12.1. The molecule has 1 saturated heterocycles. The highest BCUT2D eigenvalue weighted by atomic mass is 16.5. The van der Waals surface area contributed by atoms with Gasteiger partial charge in [-0.3, -0.25) is 19.8 Å². The number of para-hydroxylation sites is 1. The SMILES string of the molecule is COc1ccc(N2NC(=O)/C(=C3\C(=O)Nc4ccccc43)C2=O)cc1. The number of carbonyl (C=O) groups excluding carboxylic acids is 3. The van der Waals surface area contributed by atoms with Crippen molar-refractivity contribution < 1.29 is 19.1 Å². The van der Waals surface area contributed by atoms with Gasteiger partial charge in [-0.05, 0) is 30.3 Å². The van der Waals surface area contributed by atoms with Crippen molar-refractivity contribution in [3.05, 3.63) is 59.7 Å². The highest BCUT2D eigenvalue weighted by molar-refractivity contribution is 6.44. The summed E-state index contributed by atoms with van der Waals surface area (Å²) < 4.78 is 5.08. The Labute approximate surface area is 142 Å². The van der Waals surface area contributed by atoms with E-state index in [4.69, 9.17) is 4.74 Å². The molecule has 7 nitrogen and oxygen atoms in total. The Morgan fingerprint density at radius 3 is 2.32 bits per heavy atom. The molecule has 0 radical (unpaired) electrons. The molecule has 0 bridgehead atoms. The molecule has 1 fully saturated rings. The molecule has 2 aromatic carbocycles. The second kappa shape index (κ2) is 5.48. The number of hydrazine groups is 1. The third kappa shape index (κ3) is 2.25. The molecular formula is C18H13N3O4. The van der Waals surface area contributed by atoms with Gasteiger partial charge in [-0.15, -0.1) is 0 Å². The Morgan fingerprint density at radius 2 is 1.60 bits per heavy atom. The number of anilines is 2. The van der Waals surface area contributed by atoms with E-state index in [1.807, 2.05) is 0 Å². The maximum atomic E-state index is 12.8. The molecular weight excluding hydrogens is 322 g/mol. The number of nitrogens with zero attached hydrogens (tertiary/aromatic N) is 1. The van der Waals surface area contributed by atoms with E-state index in [-0.39, 0.29) is 11.1 Å². The second-order valence-corrected chi connectivity index (χ2v) is 5.53. The molecule has 2 N–H and O–H groups in total. The van der Waals surface area contributed by atoms with E-state index in [1.54, 1.807) is 48.5 Å². The number of hydrogen-bond acceptors (Lipinski definition) is 4. The second-order valence-electron chi connectivity index (χ2n) is 5.53.